The van der Waals surface area contributed by atoms with Crippen molar-refractivity contribution in [2.24, 2.45) is 43.4 Å². The fourth-order valence-electron chi connectivity index (χ4n) is 3.18. The fraction of sp³-hybridized carbons (Fsp3) is 0.133. The minimum atomic E-state index is -4.49. The van der Waals surface area contributed by atoms with E-state index in [1.54, 1.807) is 24.3 Å². The van der Waals surface area contributed by atoms with Crippen molar-refractivity contribution in [3.8, 4) is 0 Å². The number of nitrogens with one attached hydrogen (secondary N) is 2. The third-order valence-electron chi connectivity index (χ3n) is 5.53. The monoisotopic (exact) mass is 794 g/mol. The van der Waals surface area contributed by atoms with E-state index in [1.165, 1.54) is 60.7 Å². The van der Waals surface area contributed by atoms with Crippen LogP contribution in [0.25, 0.3) is 0 Å². The van der Waals surface area contributed by atoms with E-state index in [-0.39, 0.29) is 38.3 Å². The third-order valence-corrected chi connectivity index (χ3v) is 7.23. The summed E-state index contributed by atoms with van der Waals surface area (Å²) in [6.45, 7) is 5.45. The topological polar surface area (TPSA) is 428 Å². The SMILES string of the molecule is CC[NH+]=C(N)N.CC[NH+]=C(N)N.Nc1ccc(N=Nc2ccc(S(=O)(=O)[O-])cc2)cc1.O.O.O=[N+]([O-])c1ccc(N=Nc2ccc(S(=O)(=O)[O-])cc2)cc1. The molecule has 54 heavy (non-hydrogen) atoms. The molecule has 22 nitrogen and oxygen atoms in total. The molecule has 16 N–H and O–H groups in total. The van der Waals surface area contributed by atoms with Gasteiger partial charge in [0.2, 0.25) is 0 Å². The molecule has 4 rings (SSSR count). The van der Waals surface area contributed by atoms with E-state index in [0.29, 0.717) is 28.4 Å². The summed E-state index contributed by atoms with van der Waals surface area (Å²) >= 11 is 0. The van der Waals surface area contributed by atoms with Crippen molar-refractivity contribution in [2.45, 2.75) is 23.6 Å². The number of hydrogen-bond donors (Lipinski definition) is 7. The van der Waals surface area contributed by atoms with Gasteiger partial charge in [0, 0.05) is 17.8 Å². The van der Waals surface area contributed by atoms with Crippen LogP contribution in [0.2, 0.25) is 0 Å². The summed E-state index contributed by atoms with van der Waals surface area (Å²) in [4.78, 5) is 14.7. The Morgan fingerprint density at radius 1 is 0.574 bits per heavy atom. The highest BCUT2D eigenvalue weighted by molar-refractivity contribution is 7.86. The zero-order chi connectivity index (χ0) is 39.3. The fourth-order valence-corrected chi connectivity index (χ4v) is 4.12. The molecule has 0 fully saturated rings. The Morgan fingerprint density at radius 2 is 0.833 bits per heavy atom. The lowest BCUT2D eigenvalue weighted by molar-refractivity contribution is -0.454. The van der Waals surface area contributed by atoms with Gasteiger partial charge in [-0.2, -0.15) is 20.5 Å². The van der Waals surface area contributed by atoms with E-state index >= 15 is 0 Å². The Labute approximate surface area is 310 Å². The Bertz CT molecular complexity index is 2040. The van der Waals surface area contributed by atoms with Gasteiger partial charge < -0.3 is 25.8 Å². The van der Waals surface area contributed by atoms with Gasteiger partial charge in [-0.15, -0.1) is 0 Å². The molecule has 0 aliphatic rings. The summed E-state index contributed by atoms with van der Waals surface area (Å²) < 4.78 is 64.4. The molecule has 0 radical (unpaired) electrons. The van der Waals surface area contributed by atoms with Gasteiger partial charge in [-0.3, -0.25) is 43.0 Å². The molecule has 0 atom stereocenters. The largest absolute Gasteiger partial charge is 0.744 e. The summed E-state index contributed by atoms with van der Waals surface area (Å²) in [7, 11) is -8.91. The van der Waals surface area contributed by atoms with E-state index in [4.69, 9.17) is 28.7 Å². The predicted molar refractivity (Wildman–Crippen MR) is 198 cm³/mol. The quantitative estimate of drug-likeness (QED) is 0.0195. The summed E-state index contributed by atoms with van der Waals surface area (Å²) in [5.74, 6) is 0.579. The molecule has 4 aromatic carbocycles. The van der Waals surface area contributed by atoms with Crippen LogP contribution in [-0.2, 0) is 20.2 Å². The van der Waals surface area contributed by atoms with Crippen LogP contribution in [0.1, 0.15) is 13.8 Å². The van der Waals surface area contributed by atoms with Gasteiger partial charge in [0.05, 0.1) is 50.6 Å². The van der Waals surface area contributed by atoms with Crippen molar-refractivity contribution in [1.29, 1.82) is 0 Å². The lowest BCUT2D eigenvalue weighted by Crippen LogP contribution is -2.77. The number of nitrogens with zero attached hydrogens (tertiary/aromatic N) is 5. The maximum absolute atomic E-state index is 10.7. The molecule has 0 bridgehead atoms. The van der Waals surface area contributed by atoms with Crippen molar-refractivity contribution < 1.29 is 51.8 Å². The maximum atomic E-state index is 10.7. The van der Waals surface area contributed by atoms with Crippen LogP contribution >= 0.6 is 0 Å². The summed E-state index contributed by atoms with van der Waals surface area (Å²) in [6.07, 6.45) is 0. The molecule has 0 aromatic heterocycles. The van der Waals surface area contributed by atoms with Crippen LogP contribution in [0.4, 0.5) is 34.1 Å². The lowest BCUT2D eigenvalue weighted by atomic mass is 10.3. The molecule has 0 aliphatic heterocycles. The van der Waals surface area contributed by atoms with Crippen molar-refractivity contribution >= 4 is 66.3 Å². The third kappa shape index (κ3) is 21.0. The minimum Gasteiger partial charge on any atom is -0.744 e. The van der Waals surface area contributed by atoms with E-state index in [0.717, 1.165) is 25.2 Å². The van der Waals surface area contributed by atoms with Crippen molar-refractivity contribution in [3.05, 3.63) is 107 Å². The zero-order valence-electron chi connectivity index (χ0n) is 28.9. The number of nitrogens with two attached hydrogens (primary N) is 5. The number of benzene rings is 4. The van der Waals surface area contributed by atoms with Gasteiger partial charge >= 0.3 is 11.9 Å². The first kappa shape index (κ1) is 49.7. The molecule has 0 saturated heterocycles. The van der Waals surface area contributed by atoms with Gasteiger partial charge in [0.1, 0.15) is 20.2 Å². The zero-order valence-corrected chi connectivity index (χ0v) is 30.5. The lowest BCUT2D eigenvalue weighted by Gasteiger charge is -2.05. The minimum absolute atomic E-state index is 0. The first-order valence-electron chi connectivity index (χ1n) is 14.6. The smallest absolute Gasteiger partial charge is 0.338 e. The van der Waals surface area contributed by atoms with Crippen LogP contribution < -0.4 is 38.7 Å². The molecule has 24 heteroatoms. The molecule has 0 unspecified atom stereocenters. The normalized spacial score (nSPS) is 10.4. The predicted octanol–water partition coefficient (Wildman–Crippen LogP) is -1.43. The van der Waals surface area contributed by atoms with E-state index in [1.807, 2.05) is 13.8 Å². The number of nitro groups is 1. The van der Waals surface area contributed by atoms with Crippen molar-refractivity contribution in [3.63, 3.8) is 0 Å². The van der Waals surface area contributed by atoms with Gasteiger partial charge in [0.25, 0.3) is 5.69 Å². The second-order valence-electron chi connectivity index (χ2n) is 9.63. The van der Waals surface area contributed by atoms with Gasteiger partial charge in [-0.25, -0.2) is 16.8 Å². The number of non-ortho nitro benzene ring substituents is 1. The molecular formula is C30H42N12O10S2. The number of azo groups is 2. The number of nitrogen functional groups attached to an aromatic ring is 1. The molecular weight excluding hydrogens is 753 g/mol. The molecule has 0 saturated carbocycles. The van der Waals surface area contributed by atoms with E-state index < -0.39 is 25.2 Å². The second kappa shape index (κ2) is 24.7. The van der Waals surface area contributed by atoms with E-state index in [2.05, 4.69) is 30.4 Å². The van der Waals surface area contributed by atoms with Crippen LogP contribution in [0.3, 0.4) is 0 Å². The number of anilines is 1. The number of guanidine groups is 2. The maximum Gasteiger partial charge on any atom is 0.338 e. The van der Waals surface area contributed by atoms with Gasteiger partial charge in [0.15, 0.2) is 0 Å². The Kier molecular flexibility index (Phi) is 22.7. The Morgan fingerprint density at radius 3 is 1.04 bits per heavy atom. The van der Waals surface area contributed by atoms with Gasteiger partial charge in [-0.05, 0) is 98.8 Å². The Hall–Kier alpha value is -6.44. The van der Waals surface area contributed by atoms with Crippen LogP contribution in [0.5, 0.6) is 0 Å². The first-order chi connectivity index (χ1) is 24.3. The first-order valence-corrected chi connectivity index (χ1v) is 17.5. The molecule has 0 amide bonds. The molecule has 0 heterocycles. The number of nitro benzene ring substituents is 1. The average Bonchev–Trinajstić information content (AvgIpc) is 3.07. The van der Waals surface area contributed by atoms with Gasteiger partial charge in [-0.1, -0.05) is 0 Å². The molecule has 4 aromatic rings. The van der Waals surface area contributed by atoms with Crippen LogP contribution in [0.15, 0.2) is 127 Å². The number of rotatable bonds is 9. The highest BCUT2D eigenvalue weighted by atomic mass is 32.2. The standard InChI is InChI=1S/C12H9N3O5S.C12H11N3O3S.2C3H9N3.2H2O/c16-15(17)11-5-1-9(2-6-11)13-14-10-3-7-12(8-4-10)21(18,19)20;13-9-1-3-10(4-2-9)14-15-11-5-7-12(8-6-11)19(16,17)18;2*1-2-6-3(4)5;;/h1-8H,(H,18,19,20);1-8H,13H2,(H,16,17,18);2*2H2,1H3,(H4,4,5,6);2*1H2. The highest BCUT2D eigenvalue weighted by Crippen LogP contribution is 2.23. The Balaban J connectivity index is 0. The second-order valence-corrected chi connectivity index (χ2v) is 12.4. The highest BCUT2D eigenvalue weighted by Gasteiger charge is 2.04. The van der Waals surface area contributed by atoms with Crippen molar-refractivity contribution in [2.75, 3.05) is 18.8 Å². The summed E-state index contributed by atoms with van der Waals surface area (Å²) in [5, 5.41) is 26.0. The average molecular weight is 795 g/mol. The number of hydrogen-bond acceptors (Lipinski definition) is 13. The molecule has 0 aliphatic carbocycles. The van der Waals surface area contributed by atoms with Crippen LogP contribution in [0, 0.1) is 10.1 Å². The molecule has 0 spiro atoms. The summed E-state index contributed by atoms with van der Waals surface area (Å²) in [6, 6.07) is 22.4. The summed E-state index contributed by atoms with van der Waals surface area (Å²) in [5.41, 5.74) is 27.9. The molecule has 294 valence electrons. The van der Waals surface area contributed by atoms with Crippen LogP contribution in [-0.4, -0.2) is 66.8 Å². The van der Waals surface area contributed by atoms with Crippen molar-refractivity contribution in [1.82, 2.24) is 0 Å². The van der Waals surface area contributed by atoms with E-state index in [9.17, 15) is 36.1 Å².